The van der Waals surface area contributed by atoms with E-state index in [1.807, 2.05) is 76.2 Å². The summed E-state index contributed by atoms with van der Waals surface area (Å²) in [5, 5.41) is 2.83. The molecule has 1 aromatic carbocycles. The zero-order valence-corrected chi connectivity index (χ0v) is 19.0. The highest BCUT2D eigenvalue weighted by molar-refractivity contribution is 5.92. The summed E-state index contributed by atoms with van der Waals surface area (Å²) in [5.74, 6) is 0.678. The van der Waals surface area contributed by atoms with E-state index < -0.39 is 0 Å². The van der Waals surface area contributed by atoms with Gasteiger partial charge in [0.05, 0.1) is 12.7 Å². The van der Waals surface area contributed by atoms with Crippen LogP contribution in [0.15, 0.2) is 78.5 Å². The second-order valence-corrected chi connectivity index (χ2v) is 6.82. The number of nitrogens with one attached hydrogen (secondary N) is 1. The molecule has 0 spiro atoms. The standard InChI is InChI=1S/C17H18N2O2.C7H12.C2H6/c20-17(19-16-8-4-5-9-18-16)14-10-15(11-14)21-12-13-6-2-1-3-7-13;1-4-6-7(3)5-2;1-2/h1-9,14-15H,10-12H2,(H,18,19,20);4-6H,1-3H3;1-2H3/b;6-4-,7-5-;. The van der Waals surface area contributed by atoms with Crippen molar-refractivity contribution in [2.45, 2.75) is 60.2 Å². The van der Waals surface area contributed by atoms with Gasteiger partial charge in [-0.2, -0.15) is 0 Å². The number of ether oxygens (including phenoxy) is 1. The van der Waals surface area contributed by atoms with Gasteiger partial charge in [0, 0.05) is 12.1 Å². The van der Waals surface area contributed by atoms with Crippen molar-refractivity contribution in [1.29, 1.82) is 0 Å². The van der Waals surface area contributed by atoms with E-state index in [0.717, 1.165) is 12.8 Å². The Kier molecular flexibility index (Phi) is 12.8. The number of benzene rings is 1. The molecule has 1 N–H and O–H groups in total. The van der Waals surface area contributed by atoms with Gasteiger partial charge in [-0.15, -0.1) is 0 Å². The number of rotatable bonds is 6. The molecule has 0 bridgehead atoms. The fraction of sp³-hybridized carbons (Fsp3) is 0.385. The van der Waals surface area contributed by atoms with Crippen molar-refractivity contribution in [3.63, 3.8) is 0 Å². The Morgan fingerprint density at radius 1 is 1.10 bits per heavy atom. The number of carbonyl (C=O) groups excluding carboxylic acids is 1. The van der Waals surface area contributed by atoms with Crippen molar-refractivity contribution in [3.05, 3.63) is 84.1 Å². The third-order valence-corrected chi connectivity index (χ3v) is 4.60. The lowest BCUT2D eigenvalue weighted by molar-refractivity contribution is -0.129. The third-order valence-electron chi connectivity index (χ3n) is 4.60. The van der Waals surface area contributed by atoms with Gasteiger partial charge in [0.2, 0.25) is 5.91 Å². The van der Waals surface area contributed by atoms with E-state index >= 15 is 0 Å². The second-order valence-electron chi connectivity index (χ2n) is 6.82. The summed E-state index contributed by atoms with van der Waals surface area (Å²) >= 11 is 0. The molecule has 1 aromatic heterocycles. The van der Waals surface area contributed by atoms with Crippen molar-refractivity contribution in [1.82, 2.24) is 4.98 Å². The van der Waals surface area contributed by atoms with Gasteiger partial charge < -0.3 is 10.1 Å². The summed E-state index contributed by atoms with van der Waals surface area (Å²) < 4.78 is 5.80. The molecular formula is C26H36N2O2. The summed E-state index contributed by atoms with van der Waals surface area (Å²) in [6.07, 6.45) is 9.62. The number of hydrogen-bond acceptors (Lipinski definition) is 3. The van der Waals surface area contributed by atoms with Crippen molar-refractivity contribution in [3.8, 4) is 0 Å². The van der Waals surface area contributed by atoms with Crippen LogP contribution in [0.3, 0.4) is 0 Å². The lowest BCUT2D eigenvalue weighted by Gasteiger charge is -2.33. The molecule has 0 atom stereocenters. The summed E-state index contributed by atoms with van der Waals surface area (Å²) in [7, 11) is 0. The Hall–Kier alpha value is -2.72. The van der Waals surface area contributed by atoms with Crippen molar-refractivity contribution in [2.75, 3.05) is 5.32 Å². The molecule has 162 valence electrons. The van der Waals surface area contributed by atoms with Crippen LogP contribution >= 0.6 is 0 Å². The van der Waals surface area contributed by atoms with E-state index in [9.17, 15) is 4.79 Å². The van der Waals surface area contributed by atoms with Gasteiger partial charge in [0.25, 0.3) is 0 Å². The average Bonchev–Trinajstić information content (AvgIpc) is 2.76. The summed E-state index contributed by atoms with van der Waals surface area (Å²) in [6.45, 7) is 10.8. The Labute approximate surface area is 182 Å². The number of pyridine rings is 1. The highest BCUT2D eigenvalue weighted by atomic mass is 16.5. The average molecular weight is 409 g/mol. The predicted octanol–water partition coefficient (Wildman–Crippen LogP) is 6.57. The van der Waals surface area contributed by atoms with Crippen LogP contribution in [-0.2, 0) is 16.1 Å². The Morgan fingerprint density at radius 3 is 2.30 bits per heavy atom. The van der Waals surface area contributed by atoms with Gasteiger partial charge in [-0.3, -0.25) is 4.79 Å². The van der Waals surface area contributed by atoms with E-state index in [1.165, 1.54) is 11.1 Å². The third kappa shape index (κ3) is 9.66. The highest BCUT2D eigenvalue weighted by Crippen LogP contribution is 2.31. The molecule has 1 amide bonds. The topological polar surface area (TPSA) is 51.2 Å². The van der Waals surface area contributed by atoms with Gasteiger partial charge in [-0.1, -0.05) is 74.0 Å². The molecule has 0 aliphatic heterocycles. The lowest BCUT2D eigenvalue weighted by Crippen LogP contribution is -2.39. The number of aromatic nitrogens is 1. The molecule has 4 nitrogen and oxygen atoms in total. The maximum absolute atomic E-state index is 12.0. The number of hydrogen-bond donors (Lipinski definition) is 1. The number of allylic oxidation sites excluding steroid dienone is 4. The minimum Gasteiger partial charge on any atom is -0.373 e. The Morgan fingerprint density at radius 2 is 1.77 bits per heavy atom. The molecule has 3 rings (SSSR count). The van der Waals surface area contributed by atoms with Gasteiger partial charge in [-0.25, -0.2) is 4.98 Å². The Bertz CT molecular complexity index is 764. The molecule has 1 aliphatic carbocycles. The molecule has 1 heterocycles. The zero-order valence-electron chi connectivity index (χ0n) is 19.0. The van der Waals surface area contributed by atoms with Crippen LogP contribution in [0.25, 0.3) is 0 Å². The second kappa shape index (κ2) is 15.2. The summed E-state index contributed by atoms with van der Waals surface area (Å²) in [4.78, 5) is 16.1. The fourth-order valence-electron chi connectivity index (χ4n) is 2.73. The number of anilines is 1. The molecule has 0 unspecified atom stereocenters. The smallest absolute Gasteiger partial charge is 0.228 e. The molecule has 30 heavy (non-hydrogen) atoms. The van der Waals surface area contributed by atoms with Gasteiger partial charge in [0.15, 0.2) is 0 Å². The first-order chi connectivity index (χ1) is 14.6. The first-order valence-electron chi connectivity index (χ1n) is 10.8. The first kappa shape index (κ1) is 25.3. The van der Waals surface area contributed by atoms with Crippen LogP contribution in [0, 0.1) is 5.92 Å². The maximum Gasteiger partial charge on any atom is 0.228 e. The molecule has 1 fully saturated rings. The minimum absolute atomic E-state index is 0.0350. The lowest BCUT2D eigenvalue weighted by atomic mass is 9.81. The highest BCUT2D eigenvalue weighted by Gasteiger charge is 2.35. The van der Waals surface area contributed by atoms with Gasteiger partial charge in [-0.05, 0) is 51.3 Å². The molecule has 0 radical (unpaired) electrons. The maximum atomic E-state index is 12.0. The van der Waals surface area contributed by atoms with Gasteiger partial charge >= 0.3 is 0 Å². The number of nitrogens with zero attached hydrogens (tertiary/aromatic N) is 1. The van der Waals surface area contributed by atoms with Crippen LogP contribution in [0.2, 0.25) is 0 Å². The zero-order chi connectivity index (χ0) is 22.2. The van der Waals surface area contributed by atoms with Crippen LogP contribution in [0.1, 0.15) is 53.0 Å². The van der Waals surface area contributed by atoms with E-state index in [-0.39, 0.29) is 17.9 Å². The summed E-state index contributed by atoms with van der Waals surface area (Å²) in [5.41, 5.74) is 2.49. The molecule has 2 aromatic rings. The SMILES string of the molecule is C/C=C\C(C)=C/C.CC.O=C(Nc1ccccn1)C1CC(OCc2ccccc2)C1. The molecule has 4 heteroatoms. The van der Waals surface area contributed by atoms with Crippen molar-refractivity contribution in [2.24, 2.45) is 5.92 Å². The van der Waals surface area contributed by atoms with E-state index in [2.05, 4.69) is 29.4 Å². The molecule has 1 aliphatic rings. The minimum atomic E-state index is 0.0350. The predicted molar refractivity (Wildman–Crippen MR) is 126 cm³/mol. The largest absolute Gasteiger partial charge is 0.373 e. The van der Waals surface area contributed by atoms with Crippen molar-refractivity contribution >= 4 is 11.7 Å². The Balaban J connectivity index is 0.000000428. The molecular weight excluding hydrogens is 372 g/mol. The molecule has 1 saturated carbocycles. The van der Waals surface area contributed by atoms with Crippen molar-refractivity contribution < 1.29 is 9.53 Å². The monoisotopic (exact) mass is 408 g/mol. The van der Waals surface area contributed by atoms with Crippen LogP contribution in [0.5, 0.6) is 0 Å². The van der Waals surface area contributed by atoms with Gasteiger partial charge in [0.1, 0.15) is 5.82 Å². The van der Waals surface area contributed by atoms with E-state index in [1.54, 1.807) is 12.3 Å². The van der Waals surface area contributed by atoms with E-state index in [4.69, 9.17) is 4.74 Å². The molecule has 0 saturated heterocycles. The quantitative estimate of drug-likeness (QED) is 0.550. The first-order valence-corrected chi connectivity index (χ1v) is 10.8. The normalized spacial score (nSPS) is 17.7. The van der Waals surface area contributed by atoms with Crippen LogP contribution in [-0.4, -0.2) is 17.0 Å². The van der Waals surface area contributed by atoms with E-state index in [0.29, 0.717) is 12.4 Å². The van der Waals surface area contributed by atoms with Crippen LogP contribution < -0.4 is 5.32 Å². The fourth-order valence-corrected chi connectivity index (χ4v) is 2.73. The number of carbonyl (C=O) groups is 1. The number of amides is 1. The van der Waals surface area contributed by atoms with Crippen LogP contribution in [0.4, 0.5) is 5.82 Å². The summed E-state index contributed by atoms with van der Waals surface area (Å²) in [6, 6.07) is 15.6.